The van der Waals surface area contributed by atoms with Gasteiger partial charge in [0.1, 0.15) is 5.75 Å². The van der Waals surface area contributed by atoms with E-state index in [2.05, 4.69) is 0 Å². The molecule has 0 radical (unpaired) electrons. The largest absolute Gasteiger partial charge is 0.497 e. The van der Waals surface area contributed by atoms with Gasteiger partial charge in [-0.1, -0.05) is 6.07 Å². The van der Waals surface area contributed by atoms with Gasteiger partial charge < -0.3 is 9.64 Å². The van der Waals surface area contributed by atoms with E-state index in [0.29, 0.717) is 18.7 Å². The molecule has 2 rings (SSSR count). The average Bonchev–Trinajstić information content (AvgIpc) is 2.52. The standard InChI is InChI=1S/C15H18F3NO2S/c1-21-12-5-2-6-13(8-12)22-10-14(20)19-7-3-4-11(9-19)15(16,17)18/h2,5-6,8,11H,3-4,7,9-10H2,1H3. The lowest BCUT2D eigenvalue weighted by molar-refractivity contribution is -0.187. The lowest BCUT2D eigenvalue weighted by Gasteiger charge is -2.33. The summed E-state index contributed by atoms with van der Waals surface area (Å²) in [5.41, 5.74) is 0. The van der Waals surface area contributed by atoms with Gasteiger partial charge in [-0.15, -0.1) is 11.8 Å². The SMILES string of the molecule is COc1cccc(SCC(=O)N2CCCC(C(F)(F)F)C2)c1. The van der Waals surface area contributed by atoms with Gasteiger partial charge in [-0.25, -0.2) is 0 Å². The molecule has 0 bridgehead atoms. The zero-order chi connectivity index (χ0) is 16.2. The van der Waals surface area contributed by atoms with Crippen molar-refractivity contribution < 1.29 is 22.7 Å². The van der Waals surface area contributed by atoms with E-state index in [4.69, 9.17) is 4.74 Å². The second-order valence-electron chi connectivity index (χ2n) is 5.19. The molecule has 22 heavy (non-hydrogen) atoms. The highest BCUT2D eigenvalue weighted by Gasteiger charge is 2.42. The number of ether oxygens (including phenoxy) is 1. The first-order valence-electron chi connectivity index (χ1n) is 7.01. The summed E-state index contributed by atoms with van der Waals surface area (Å²) in [6.07, 6.45) is -3.71. The number of hydrogen-bond donors (Lipinski definition) is 0. The molecule has 0 N–H and O–H groups in total. The van der Waals surface area contributed by atoms with E-state index in [1.807, 2.05) is 12.1 Å². The number of hydrogen-bond acceptors (Lipinski definition) is 3. The summed E-state index contributed by atoms with van der Waals surface area (Å²) < 4.78 is 43.4. The zero-order valence-corrected chi connectivity index (χ0v) is 13.0. The molecule has 3 nitrogen and oxygen atoms in total. The van der Waals surface area contributed by atoms with Crippen LogP contribution in [0.15, 0.2) is 29.2 Å². The molecule has 7 heteroatoms. The molecule has 0 spiro atoms. The van der Waals surface area contributed by atoms with Gasteiger partial charge in [-0.2, -0.15) is 13.2 Å². The molecular weight excluding hydrogens is 315 g/mol. The van der Waals surface area contributed by atoms with E-state index >= 15 is 0 Å². The third-order valence-electron chi connectivity index (χ3n) is 3.64. The van der Waals surface area contributed by atoms with Crippen LogP contribution in [0.25, 0.3) is 0 Å². The molecule has 1 aromatic rings. The van der Waals surface area contributed by atoms with E-state index in [1.54, 1.807) is 19.2 Å². The van der Waals surface area contributed by atoms with Gasteiger partial charge in [-0.3, -0.25) is 4.79 Å². The van der Waals surface area contributed by atoms with Gasteiger partial charge >= 0.3 is 6.18 Å². The quantitative estimate of drug-likeness (QED) is 0.789. The van der Waals surface area contributed by atoms with Crippen molar-refractivity contribution in [3.05, 3.63) is 24.3 Å². The minimum absolute atomic E-state index is 0.107. The van der Waals surface area contributed by atoms with E-state index in [9.17, 15) is 18.0 Å². The first kappa shape index (κ1) is 17.0. The molecule has 1 aromatic carbocycles. The van der Waals surface area contributed by atoms with E-state index in [1.165, 1.54) is 16.7 Å². The van der Waals surface area contributed by atoms with Gasteiger partial charge in [-0.05, 0) is 31.0 Å². The molecule has 0 saturated carbocycles. The van der Waals surface area contributed by atoms with Gasteiger partial charge in [0.25, 0.3) is 0 Å². The molecule has 1 saturated heterocycles. The Labute approximate surface area is 131 Å². The number of amides is 1. The molecule has 0 aromatic heterocycles. The van der Waals surface area contributed by atoms with Gasteiger partial charge in [0, 0.05) is 18.0 Å². The Balaban J connectivity index is 1.89. The minimum atomic E-state index is -4.22. The summed E-state index contributed by atoms with van der Waals surface area (Å²) >= 11 is 1.31. The van der Waals surface area contributed by atoms with Crippen molar-refractivity contribution >= 4 is 17.7 Å². The first-order chi connectivity index (χ1) is 10.4. The Morgan fingerprint density at radius 3 is 2.91 bits per heavy atom. The second-order valence-corrected chi connectivity index (χ2v) is 6.24. The van der Waals surface area contributed by atoms with Crippen molar-refractivity contribution in [3.63, 3.8) is 0 Å². The molecule has 1 aliphatic heterocycles. The summed E-state index contributed by atoms with van der Waals surface area (Å²) in [6, 6.07) is 7.25. The molecule has 1 atom stereocenters. The van der Waals surface area contributed by atoms with Crippen LogP contribution in [0.5, 0.6) is 5.75 Å². The van der Waals surface area contributed by atoms with Gasteiger partial charge in [0.2, 0.25) is 5.91 Å². The molecule has 122 valence electrons. The Morgan fingerprint density at radius 1 is 1.45 bits per heavy atom. The molecule has 1 amide bonds. The lowest BCUT2D eigenvalue weighted by atomic mass is 9.97. The summed E-state index contributed by atoms with van der Waals surface area (Å²) in [7, 11) is 1.56. The first-order valence-corrected chi connectivity index (χ1v) is 8.00. The third-order valence-corrected chi connectivity index (χ3v) is 4.62. The Hall–Kier alpha value is -1.37. The van der Waals surface area contributed by atoms with Crippen molar-refractivity contribution in [1.29, 1.82) is 0 Å². The average molecular weight is 333 g/mol. The fraction of sp³-hybridized carbons (Fsp3) is 0.533. The second kappa shape index (κ2) is 7.26. The van der Waals surface area contributed by atoms with Crippen molar-refractivity contribution in [1.82, 2.24) is 4.90 Å². The van der Waals surface area contributed by atoms with Gasteiger partial charge in [0.15, 0.2) is 0 Å². The number of nitrogens with zero attached hydrogens (tertiary/aromatic N) is 1. The number of alkyl halides is 3. The number of piperidine rings is 1. The number of carbonyl (C=O) groups is 1. The normalized spacial score (nSPS) is 19.1. The molecule has 1 fully saturated rings. The molecule has 1 unspecified atom stereocenters. The summed E-state index contributed by atoms with van der Waals surface area (Å²) in [4.78, 5) is 14.3. The highest BCUT2D eigenvalue weighted by molar-refractivity contribution is 8.00. The Bertz CT molecular complexity index is 522. The van der Waals surface area contributed by atoms with E-state index in [0.717, 1.165) is 4.90 Å². The van der Waals surface area contributed by atoms with Crippen LogP contribution in [0.1, 0.15) is 12.8 Å². The molecule has 1 aliphatic rings. The summed E-state index contributed by atoms with van der Waals surface area (Å²) in [5.74, 6) is -0.820. The van der Waals surface area contributed by atoms with Crippen molar-refractivity contribution in [2.24, 2.45) is 5.92 Å². The Kier molecular flexibility index (Phi) is 5.61. The highest BCUT2D eigenvalue weighted by Crippen LogP contribution is 2.33. The predicted molar refractivity (Wildman–Crippen MR) is 79.1 cm³/mol. The maximum absolute atomic E-state index is 12.8. The van der Waals surface area contributed by atoms with Crippen LogP contribution in [0.4, 0.5) is 13.2 Å². The minimum Gasteiger partial charge on any atom is -0.497 e. The van der Waals surface area contributed by atoms with Crippen molar-refractivity contribution in [2.45, 2.75) is 23.9 Å². The van der Waals surface area contributed by atoms with Crippen LogP contribution >= 0.6 is 11.8 Å². The van der Waals surface area contributed by atoms with Crippen LogP contribution in [0.2, 0.25) is 0 Å². The number of methoxy groups -OCH3 is 1. The van der Waals surface area contributed by atoms with Crippen molar-refractivity contribution in [3.8, 4) is 5.75 Å². The fourth-order valence-electron chi connectivity index (χ4n) is 2.40. The Morgan fingerprint density at radius 2 is 2.23 bits per heavy atom. The fourth-order valence-corrected chi connectivity index (χ4v) is 3.25. The number of carbonyl (C=O) groups excluding carboxylic acids is 1. The third kappa shape index (κ3) is 4.56. The van der Waals surface area contributed by atoms with Crippen LogP contribution in [-0.2, 0) is 4.79 Å². The number of likely N-dealkylation sites (tertiary alicyclic amines) is 1. The number of halogens is 3. The highest BCUT2D eigenvalue weighted by atomic mass is 32.2. The van der Waals surface area contributed by atoms with Crippen molar-refractivity contribution in [2.75, 3.05) is 26.0 Å². The zero-order valence-electron chi connectivity index (χ0n) is 12.2. The van der Waals surface area contributed by atoms with Crippen LogP contribution < -0.4 is 4.74 Å². The number of thioether (sulfide) groups is 1. The molecular formula is C15H18F3NO2S. The maximum atomic E-state index is 12.8. The summed E-state index contributed by atoms with van der Waals surface area (Å²) in [5, 5.41) is 0. The lowest BCUT2D eigenvalue weighted by Crippen LogP contribution is -2.45. The van der Waals surface area contributed by atoms with Gasteiger partial charge in [0.05, 0.1) is 18.8 Å². The topological polar surface area (TPSA) is 29.5 Å². The van der Waals surface area contributed by atoms with Crippen LogP contribution in [0, 0.1) is 5.92 Å². The monoisotopic (exact) mass is 333 g/mol. The van der Waals surface area contributed by atoms with E-state index < -0.39 is 12.1 Å². The maximum Gasteiger partial charge on any atom is 0.393 e. The van der Waals surface area contributed by atoms with E-state index in [-0.39, 0.29) is 24.6 Å². The molecule has 1 heterocycles. The smallest absolute Gasteiger partial charge is 0.393 e. The van der Waals surface area contributed by atoms with Crippen LogP contribution in [0.3, 0.4) is 0 Å². The summed E-state index contributed by atoms with van der Waals surface area (Å²) in [6.45, 7) is 0.186. The number of benzene rings is 1. The molecule has 0 aliphatic carbocycles. The van der Waals surface area contributed by atoms with Crippen LogP contribution in [-0.4, -0.2) is 42.9 Å². The predicted octanol–water partition coefficient (Wildman–Crippen LogP) is 3.59. The number of rotatable bonds is 4.